The topological polar surface area (TPSA) is 33.4 Å². The second-order valence-corrected chi connectivity index (χ2v) is 4.80. The molecule has 0 unspecified atom stereocenters. The number of rotatable bonds is 3. The van der Waals surface area contributed by atoms with Crippen molar-refractivity contribution in [1.82, 2.24) is 19.3 Å². The maximum absolute atomic E-state index is 6.02. The molecule has 0 bridgehead atoms. The Hall–Kier alpha value is -1.13. The van der Waals surface area contributed by atoms with Crippen molar-refractivity contribution in [2.45, 2.75) is 19.3 Å². The number of hydrogen-bond acceptors (Lipinski definition) is 3. The van der Waals surface area contributed by atoms with E-state index in [4.69, 9.17) is 11.6 Å². The molecule has 1 aliphatic heterocycles. The summed E-state index contributed by atoms with van der Waals surface area (Å²) in [7, 11) is 0. The molecule has 0 aliphatic carbocycles. The van der Waals surface area contributed by atoms with E-state index in [1.807, 2.05) is 10.6 Å². The van der Waals surface area contributed by atoms with Crippen molar-refractivity contribution in [3.05, 3.63) is 29.6 Å². The molecule has 0 aromatic carbocycles. The summed E-state index contributed by atoms with van der Waals surface area (Å²) in [4.78, 5) is 11.0. The summed E-state index contributed by atoms with van der Waals surface area (Å²) in [5.74, 6) is 1.07. The number of nitrogens with zero attached hydrogens (tertiary/aromatic N) is 4. The lowest BCUT2D eigenvalue weighted by Crippen LogP contribution is -2.22. The molecule has 0 radical (unpaired) electrons. The normalized spacial score (nSPS) is 17.0. The van der Waals surface area contributed by atoms with Crippen LogP contribution in [0.25, 0.3) is 5.52 Å². The fraction of sp³-hybridized carbons (Fsp3) is 0.500. The van der Waals surface area contributed by atoms with Gasteiger partial charge in [0, 0.05) is 25.4 Å². The number of likely N-dealkylation sites (tertiary alicyclic amines) is 1. The molecular formula is C12H15ClN4. The lowest BCUT2D eigenvalue weighted by molar-refractivity contribution is 0.340. The quantitative estimate of drug-likeness (QED) is 0.836. The minimum Gasteiger partial charge on any atom is -0.303 e. The van der Waals surface area contributed by atoms with Crippen molar-refractivity contribution < 1.29 is 0 Å². The van der Waals surface area contributed by atoms with E-state index in [0.29, 0.717) is 5.15 Å². The molecule has 1 saturated heterocycles. The van der Waals surface area contributed by atoms with Gasteiger partial charge in [0.05, 0.1) is 6.20 Å². The monoisotopic (exact) mass is 250 g/mol. The zero-order valence-electron chi connectivity index (χ0n) is 9.64. The zero-order chi connectivity index (χ0) is 11.7. The Labute approximate surface area is 105 Å². The number of halogens is 1. The summed E-state index contributed by atoms with van der Waals surface area (Å²) < 4.78 is 2.03. The van der Waals surface area contributed by atoms with E-state index in [1.165, 1.54) is 25.9 Å². The Balaban J connectivity index is 1.78. The standard InChI is InChI=1S/C12H15ClN4/c13-12-10-9-15-11(17(10)8-4-14-12)3-7-16-5-1-2-6-16/h4,8-9H,1-3,5-7H2. The molecule has 2 aromatic heterocycles. The highest BCUT2D eigenvalue weighted by molar-refractivity contribution is 6.32. The fourth-order valence-electron chi connectivity index (χ4n) is 2.40. The number of imidazole rings is 1. The molecule has 1 fully saturated rings. The highest BCUT2D eigenvalue weighted by atomic mass is 35.5. The van der Waals surface area contributed by atoms with Crippen LogP contribution in [0.4, 0.5) is 0 Å². The van der Waals surface area contributed by atoms with Crippen LogP contribution in [0.3, 0.4) is 0 Å². The number of aromatic nitrogens is 3. The van der Waals surface area contributed by atoms with E-state index in [2.05, 4.69) is 14.9 Å². The summed E-state index contributed by atoms with van der Waals surface area (Å²) in [5, 5.41) is 0.521. The lowest BCUT2D eigenvalue weighted by atomic mass is 10.3. The zero-order valence-corrected chi connectivity index (χ0v) is 10.4. The van der Waals surface area contributed by atoms with E-state index in [1.54, 1.807) is 12.4 Å². The van der Waals surface area contributed by atoms with E-state index in [-0.39, 0.29) is 0 Å². The molecule has 4 nitrogen and oxygen atoms in total. The largest absolute Gasteiger partial charge is 0.303 e. The molecule has 0 spiro atoms. The molecule has 5 heteroatoms. The SMILES string of the molecule is Clc1nccn2c(CCN3CCCC3)ncc12. The van der Waals surface area contributed by atoms with Crippen molar-refractivity contribution in [2.24, 2.45) is 0 Å². The van der Waals surface area contributed by atoms with Crippen LogP contribution in [0.5, 0.6) is 0 Å². The molecule has 2 aromatic rings. The summed E-state index contributed by atoms with van der Waals surface area (Å²) in [6.45, 7) is 3.54. The molecular weight excluding hydrogens is 236 g/mol. The first kappa shape index (κ1) is 11.0. The molecule has 0 atom stereocenters. The summed E-state index contributed by atoms with van der Waals surface area (Å²) >= 11 is 6.02. The van der Waals surface area contributed by atoms with E-state index >= 15 is 0 Å². The van der Waals surface area contributed by atoms with Crippen LogP contribution in [0.2, 0.25) is 5.15 Å². The van der Waals surface area contributed by atoms with Gasteiger partial charge < -0.3 is 4.90 Å². The first-order valence-corrected chi connectivity index (χ1v) is 6.41. The fourth-order valence-corrected chi connectivity index (χ4v) is 2.60. The van der Waals surface area contributed by atoms with Crippen LogP contribution in [0.1, 0.15) is 18.7 Å². The van der Waals surface area contributed by atoms with Crippen LogP contribution in [-0.2, 0) is 6.42 Å². The molecule has 0 N–H and O–H groups in total. The summed E-state index contributed by atoms with van der Waals surface area (Å²) in [6.07, 6.45) is 9.07. The van der Waals surface area contributed by atoms with E-state index in [0.717, 1.165) is 24.3 Å². The Morgan fingerprint density at radius 2 is 2.06 bits per heavy atom. The van der Waals surface area contributed by atoms with Gasteiger partial charge >= 0.3 is 0 Å². The van der Waals surface area contributed by atoms with Crippen LogP contribution in [-0.4, -0.2) is 38.9 Å². The predicted octanol–water partition coefficient (Wildman–Crippen LogP) is 2.02. The average molecular weight is 251 g/mol. The molecule has 3 heterocycles. The first-order valence-electron chi connectivity index (χ1n) is 6.03. The maximum atomic E-state index is 6.02. The lowest BCUT2D eigenvalue weighted by Gasteiger charge is -2.13. The third-order valence-corrected chi connectivity index (χ3v) is 3.63. The van der Waals surface area contributed by atoms with Gasteiger partial charge in [0.15, 0.2) is 5.15 Å². The second-order valence-electron chi connectivity index (χ2n) is 4.45. The van der Waals surface area contributed by atoms with Crippen LogP contribution >= 0.6 is 11.6 Å². The second kappa shape index (κ2) is 4.63. The first-order chi connectivity index (χ1) is 8.34. The molecule has 1 aliphatic rings. The predicted molar refractivity (Wildman–Crippen MR) is 67.4 cm³/mol. The van der Waals surface area contributed by atoms with Crippen molar-refractivity contribution in [1.29, 1.82) is 0 Å². The van der Waals surface area contributed by atoms with Crippen LogP contribution in [0, 0.1) is 0 Å². The van der Waals surface area contributed by atoms with Gasteiger partial charge in [0.1, 0.15) is 11.3 Å². The third-order valence-electron chi connectivity index (χ3n) is 3.34. The highest BCUT2D eigenvalue weighted by Gasteiger charge is 2.13. The highest BCUT2D eigenvalue weighted by Crippen LogP contribution is 2.16. The van der Waals surface area contributed by atoms with Crippen LogP contribution in [0.15, 0.2) is 18.6 Å². The maximum Gasteiger partial charge on any atom is 0.154 e. The summed E-state index contributed by atoms with van der Waals surface area (Å²) in [5.41, 5.74) is 0.894. The molecule has 90 valence electrons. The number of hydrogen-bond donors (Lipinski definition) is 0. The van der Waals surface area contributed by atoms with E-state index in [9.17, 15) is 0 Å². The van der Waals surface area contributed by atoms with Gasteiger partial charge in [-0.2, -0.15) is 0 Å². The number of fused-ring (bicyclic) bond motifs is 1. The van der Waals surface area contributed by atoms with Crippen molar-refractivity contribution in [3.8, 4) is 0 Å². The Morgan fingerprint density at radius 3 is 2.88 bits per heavy atom. The van der Waals surface area contributed by atoms with Gasteiger partial charge in [-0.1, -0.05) is 11.6 Å². The summed E-state index contributed by atoms with van der Waals surface area (Å²) in [6, 6.07) is 0. The van der Waals surface area contributed by atoms with Gasteiger partial charge in [-0.25, -0.2) is 9.97 Å². The minimum absolute atomic E-state index is 0.521. The molecule has 3 rings (SSSR count). The van der Waals surface area contributed by atoms with Gasteiger partial charge in [0.25, 0.3) is 0 Å². The third kappa shape index (κ3) is 2.15. The van der Waals surface area contributed by atoms with Crippen molar-refractivity contribution >= 4 is 17.1 Å². The Kier molecular flexibility index (Phi) is 2.99. The molecule has 0 amide bonds. The minimum atomic E-state index is 0.521. The van der Waals surface area contributed by atoms with Crippen molar-refractivity contribution in [2.75, 3.05) is 19.6 Å². The van der Waals surface area contributed by atoms with Gasteiger partial charge in [-0.05, 0) is 25.9 Å². The van der Waals surface area contributed by atoms with Crippen LogP contribution < -0.4 is 0 Å². The average Bonchev–Trinajstić information content (AvgIpc) is 2.95. The molecule has 17 heavy (non-hydrogen) atoms. The Bertz CT molecular complexity index is 516. The Morgan fingerprint density at radius 1 is 1.24 bits per heavy atom. The van der Waals surface area contributed by atoms with Gasteiger partial charge in [0.2, 0.25) is 0 Å². The van der Waals surface area contributed by atoms with Gasteiger partial charge in [-0.3, -0.25) is 4.40 Å². The van der Waals surface area contributed by atoms with Gasteiger partial charge in [-0.15, -0.1) is 0 Å². The van der Waals surface area contributed by atoms with Crippen molar-refractivity contribution in [3.63, 3.8) is 0 Å². The smallest absolute Gasteiger partial charge is 0.154 e. The molecule has 0 saturated carbocycles. The van der Waals surface area contributed by atoms with E-state index < -0.39 is 0 Å².